The SMILES string of the molecule is CC(C)(C)c1cc(-c2cc(-c3ccc(C(C)(C)c4ccccc4)cc3)ccn2)[c-]c(-c2cccc3c2nc(-c2c(O)ccc4c2oc2ccccc24)n3-c2ccccc2)c1.[Pt]. The summed E-state index contributed by atoms with van der Waals surface area (Å²) in [5, 5.41) is 13.5. The molecule has 10 aromatic rings. The second-order valence-electron chi connectivity index (χ2n) is 17.2. The van der Waals surface area contributed by atoms with E-state index >= 15 is 0 Å². The maximum absolute atomic E-state index is 11.6. The number of phenols is 1. The number of furan rings is 1. The standard InChI is InChI=1S/C55H44N3O2.Pt/c1-54(2,3)41-32-37(31-38(33-41)46-34-36(29-30-56-46)35-23-25-40(26-24-35)55(4,5)39-15-8-6-9-16-39)43-20-14-21-47-51(43)57-53(58(47)42-17-10-7-11-18-42)50-48(59)28-27-45-44-19-12-13-22-49(44)60-52(45)50;/h6-30,32-34,59H,1-5H3;/q-1;. The fraction of sp³-hybridized carbons (Fsp3) is 0.127. The molecule has 0 spiro atoms. The molecule has 302 valence electrons. The number of hydrogen-bond donors (Lipinski definition) is 1. The largest absolute Gasteiger partial charge is 0.507 e. The van der Waals surface area contributed by atoms with E-state index in [2.05, 4.69) is 154 Å². The molecule has 0 aliphatic rings. The molecular formula is C55H44N3O2Pt-. The van der Waals surface area contributed by atoms with Gasteiger partial charge in [-0.15, -0.1) is 29.3 Å². The Kier molecular flexibility index (Phi) is 10.1. The topological polar surface area (TPSA) is 64.1 Å². The second kappa shape index (κ2) is 15.5. The summed E-state index contributed by atoms with van der Waals surface area (Å²) in [6.45, 7) is 11.2. The van der Waals surface area contributed by atoms with E-state index in [1.807, 2.05) is 54.7 Å². The minimum Gasteiger partial charge on any atom is -0.507 e. The number of phenolic OH excluding ortho intramolecular Hbond substituents is 1. The van der Waals surface area contributed by atoms with Gasteiger partial charge in [0.05, 0.1) is 11.0 Å². The third-order valence-corrected chi connectivity index (χ3v) is 11.9. The molecule has 0 unspecified atom stereocenters. The summed E-state index contributed by atoms with van der Waals surface area (Å²) < 4.78 is 8.61. The zero-order valence-corrected chi connectivity index (χ0v) is 37.0. The molecule has 0 atom stereocenters. The van der Waals surface area contributed by atoms with Gasteiger partial charge in [-0.3, -0.25) is 9.55 Å². The molecule has 1 N–H and O–H groups in total. The fourth-order valence-corrected chi connectivity index (χ4v) is 8.46. The van der Waals surface area contributed by atoms with Crippen molar-refractivity contribution in [3.8, 4) is 56.3 Å². The number of benzene rings is 7. The van der Waals surface area contributed by atoms with Gasteiger partial charge in [-0.05, 0) is 70.1 Å². The predicted octanol–water partition coefficient (Wildman–Crippen LogP) is 14.1. The van der Waals surface area contributed by atoms with E-state index < -0.39 is 0 Å². The number of aromatic hydroxyl groups is 1. The summed E-state index contributed by atoms with van der Waals surface area (Å²) in [7, 11) is 0. The average molecular weight is 974 g/mol. The monoisotopic (exact) mass is 973 g/mol. The van der Waals surface area contributed by atoms with Crippen molar-refractivity contribution in [2.75, 3.05) is 0 Å². The number of aromatic nitrogens is 3. The Morgan fingerprint density at radius 3 is 2.05 bits per heavy atom. The van der Waals surface area contributed by atoms with Crippen molar-refractivity contribution >= 4 is 33.0 Å². The van der Waals surface area contributed by atoms with Gasteiger partial charge in [-0.2, -0.15) is 0 Å². The number of nitrogens with zero attached hydrogens (tertiary/aromatic N) is 3. The van der Waals surface area contributed by atoms with E-state index in [-0.39, 0.29) is 37.6 Å². The van der Waals surface area contributed by atoms with Gasteiger partial charge in [0.25, 0.3) is 0 Å². The van der Waals surface area contributed by atoms with Crippen LogP contribution < -0.4 is 0 Å². The Morgan fingerprint density at radius 2 is 1.30 bits per heavy atom. The van der Waals surface area contributed by atoms with Gasteiger partial charge in [0.1, 0.15) is 22.5 Å². The minimum atomic E-state index is -0.164. The fourth-order valence-electron chi connectivity index (χ4n) is 8.46. The Balaban J connectivity index is 0.00000476. The first kappa shape index (κ1) is 39.9. The molecular weight excluding hydrogens is 930 g/mol. The van der Waals surface area contributed by atoms with Crippen LogP contribution in [0.25, 0.3) is 83.6 Å². The van der Waals surface area contributed by atoms with Crippen molar-refractivity contribution in [3.05, 3.63) is 193 Å². The summed E-state index contributed by atoms with van der Waals surface area (Å²) in [4.78, 5) is 10.3. The second-order valence-corrected chi connectivity index (χ2v) is 17.2. The third kappa shape index (κ3) is 7.07. The molecule has 0 saturated heterocycles. The number of para-hydroxylation sites is 3. The molecule has 61 heavy (non-hydrogen) atoms. The Labute approximate surface area is 370 Å². The van der Waals surface area contributed by atoms with Crippen LogP contribution in [0.4, 0.5) is 0 Å². The first-order valence-corrected chi connectivity index (χ1v) is 20.5. The van der Waals surface area contributed by atoms with Gasteiger partial charge >= 0.3 is 0 Å². The van der Waals surface area contributed by atoms with Crippen LogP contribution in [-0.4, -0.2) is 19.6 Å². The van der Waals surface area contributed by atoms with Crippen molar-refractivity contribution in [1.82, 2.24) is 14.5 Å². The van der Waals surface area contributed by atoms with Crippen molar-refractivity contribution in [3.63, 3.8) is 0 Å². The number of hydrogen-bond acceptors (Lipinski definition) is 4. The predicted molar refractivity (Wildman–Crippen MR) is 246 cm³/mol. The van der Waals surface area contributed by atoms with Crippen LogP contribution in [0.2, 0.25) is 0 Å². The van der Waals surface area contributed by atoms with Gasteiger partial charge in [-0.25, -0.2) is 4.98 Å². The molecule has 0 fully saturated rings. The number of imidazole rings is 1. The average Bonchev–Trinajstić information content (AvgIpc) is 3.85. The molecule has 3 aromatic heterocycles. The van der Waals surface area contributed by atoms with Crippen LogP contribution >= 0.6 is 0 Å². The van der Waals surface area contributed by atoms with E-state index in [0.29, 0.717) is 17.0 Å². The molecule has 6 heteroatoms. The summed E-state index contributed by atoms with van der Waals surface area (Å²) in [5.74, 6) is 0.685. The third-order valence-electron chi connectivity index (χ3n) is 11.9. The van der Waals surface area contributed by atoms with E-state index in [1.165, 1.54) is 11.1 Å². The van der Waals surface area contributed by atoms with Gasteiger partial charge in [-0.1, -0.05) is 155 Å². The molecule has 5 nitrogen and oxygen atoms in total. The Bertz CT molecular complexity index is 3210. The summed E-state index contributed by atoms with van der Waals surface area (Å²) in [6, 6.07) is 60.1. The van der Waals surface area contributed by atoms with Crippen molar-refractivity contribution in [2.24, 2.45) is 0 Å². The molecule has 0 bridgehead atoms. The smallest absolute Gasteiger partial charge is 0.152 e. The van der Waals surface area contributed by atoms with Crippen LogP contribution in [0.1, 0.15) is 51.3 Å². The Morgan fingerprint density at radius 1 is 0.607 bits per heavy atom. The molecule has 7 aromatic carbocycles. The first-order valence-electron chi connectivity index (χ1n) is 20.5. The maximum Gasteiger partial charge on any atom is 0.152 e. The first-order chi connectivity index (χ1) is 29.0. The molecule has 0 aliphatic carbocycles. The zero-order chi connectivity index (χ0) is 41.2. The van der Waals surface area contributed by atoms with Crippen LogP contribution in [0.5, 0.6) is 5.75 Å². The maximum atomic E-state index is 11.6. The van der Waals surface area contributed by atoms with E-state index in [1.54, 1.807) is 6.07 Å². The van der Waals surface area contributed by atoms with Gasteiger partial charge in [0.15, 0.2) is 5.82 Å². The van der Waals surface area contributed by atoms with Crippen LogP contribution in [-0.2, 0) is 31.9 Å². The van der Waals surface area contributed by atoms with Crippen LogP contribution in [0, 0.1) is 6.07 Å². The van der Waals surface area contributed by atoms with E-state index in [0.717, 1.165) is 72.2 Å². The number of fused-ring (bicyclic) bond motifs is 4. The van der Waals surface area contributed by atoms with Gasteiger partial charge in [0, 0.05) is 54.8 Å². The quantitative estimate of drug-likeness (QED) is 0.162. The summed E-state index contributed by atoms with van der Waals surface area (Å²) in [5.41, 5.74) is 13.7. The van der Waals surface area contributed by atoms with E-state index in [4.69, 9.17) is 14.4 Å². The normalized spacial score (nSPS) is 12.0. The van der Waals surface area contributed by atoms with E-state index in [9.17, 15) is 5.11 Å². The number of pyridine rings is 1. The molecule has 0 radical (unpaired) electrons. The van der Waals surface area contributed by atoms with Crippen LogP contribution in [0.15, 0.2) is 174 Å². The summed E-state index contributed by atoms with van der Waals surface area (Å²) >= 11 is 0. The number of rotatable bonds is 7. The molecule has 10 rings (SSSR count). The van der Waals surface area contributed by atoms with Crippen molar-refractivity contribution in [1.29, 1.82) is 0 Å². The molecule has 0 saturated carbocycles. The zero-order valence-electron chi connectivity index (χ0n) is 34.7. The van der Waals surface area contributed by atoms with Crippen molar-refractivity contribution in [2.45, 2.75) is 45.4 Å². The molecule has 0 aliphatic heterocycles. The molecule has 0 amide bonds. The Hall–Kier alpha value is -6.55. The minimum absolute atomic E-state index is 0. The van der Waals surface area contributed by atoms with Crippen molar-refractivity contribution < 1.29 is 30.6 Å². The van der Waals surface area contributed by atoms with Crippen LogP contribution in [0.3, 0.4) is 0 Å². The van der Waals surface area contributed by atoms with Gasteiger partial charge < -0.3 is 9.52 Å². The summed E-state index contributed by atoms with van der Waals surface area (Å²) in [6.07, 6.45) is 1.89. The molecule has 3 heterocycles. The van der Waals surface area contributed by atoms with Gasteiger partial charge in [0.2, 0.25) is 0 Å².